The molecule has 15 nitrogen and oxygen atoms in total. The summed E-state index contributed by atoms with van der Waals surface area (Å²) in [7, 11) is 0. The molecule has 0 aromatic heterocycles. The molecule has 0 spiro atoms. The molecule has 10 N–H and O–H groups in total. The Kier molecular flexibility index (Phi) is 10.4. The molecule has 3 fully saturated rings. The summed E-state index contributed by atoms with van der Waals surface area (Å²) < 4.78 is 27.5. The summed E-state index contributed by atoms with van der Waals surface area (Å²) in [6.07, 6.45) is -22.7. The van der Waals surface area contributed by atoms with Crippen LogP contribution in [0.5, 0.6) is 0 Å². The molecule has 0 radical (unpaired) electrons. The lowest BCUT2D eigenvalue weighted by Gasteiger charge is -2.48. The van der Waals surface area contributed by atoms with E-state index in [-0.39, 0.29) is 5.92 Å². The van der Waals surface area contributed by atoms with E-state index in [1.54, 1.807) is 13.8 Å². The van der Waals surface area contributed by atoms with Crippen LogP contribution in [0.25, 0.3) is 0 Å². The van der Waals surface area contributed by atoms with Gasteiger partial charge in [0.2, 0.25) is 0 Å². The Morgan fingerprint density at radius 2 is 0.944 bits per heavy atom. The van der Waals surface area contributed by atoms with Crippen LogP contribution >= 0.6 is 0 Å². The number of hydrogen-bond donors (Lipinski definition) is 10. The van der Waals surface area contributed by atoms with Gasteiger partial charge in [0.25, 0.3) is 0 Å². The van der Waals surface area contributed by atoms with E-state index in [0.29, 0.717) is 0 Å². The first-order valence-electron chi connectivity index (χ1n) is 11.8. The topological polar surface area (TPSA) is 248 Å². The summed E-state index contributed by atoms with van der Waals surface area (Å²) in [5.41, 5.74) is 0. The zero-order chi connectivity index (χ0) is 26.9. The van der Waals surface area contributed by atoms with E-state index in [4.69, 9.17) is 23.7 Å². The van der Waals surface area contributed by atoms with E-state index in [1.165, 1.54) is 0 Å². The molecule has 0 saturated carbocycles. The molecule has 3 heterocycles. The van der Waals surface area contributed by atoms with Crippen molar-refractivity contribution in [2.75, 3.05) is 19.8 Å². The van der Waals surface area contributed by atoms with E-state index in [0.717, 1.165) is 0 Å². The molecule has 3 aliphatic rings. The highest BCUT2D eigenvalue weighted by Crippen LogP contribution is 2.33. The maximum Gasteiger partial charge on any atom is 0.187 e. The second kappa shape index (κ2) is 12.5. The SMILES string of the molecule is CC(C)[C@@H]1OC(CO)[C@H](O[C@@H]2OC(CO)[C@H](O[C@@H]3OC(CO)[C@H](O)[C@H](O)C3O)[C@H](O)C2O)[C@H](O)C1O. The van der Waals surface area contributed by atoms with Gasteiger partial charge in [0.15, 0.2) is 12.6 Å². The maximum atomic E-state index is 10.7. The summed E-state index contributed by atoms with van der Waals surface area (Å²) in [6.45, 7) is 1.40. The van der Waals surface area contributed by atoms with Crippen LogP contribution in [0.2, 0.25) is 0 Å². The van der Waals surface area contributed by atoms with Gasteiger partial charge in [0, 0.05) is 0 Å². The minimum Gasteiger partial charge on any atom is -0.394 e. The summed E-state index contributed by atoms with van der Waals surface area (Å²) >= 11 is 0. The average Bonchev–Trinajstić information content (AvgIpc) is 2.86. The van der Waals surface area contributed by atoms with E-state index in [9.17, 15) is 51.1 Å². The Hall–Kier alpha value is -0.600. The normalized spacial score (nSPS) is 50.4. The standard InChI is InChI=1S/C21H38O15/c1-6(2)17-12(27)13(28)18(8(4-23)32-17)35-21-16(31)14(29)19(9(5-24)34-21)36-20-15(30)11(26)10(25)7(3-22)33-20/h6-31H,3-5H2,1-2H3/t7?,8?,9?,10-,11-,12?,13+,14+,15?,16?,17-,18-,19-,20-,21-/m0/s1. The van der Waals surface area contributed by atoms with Crippen LogP contribution in [0, 0.1) is 5.92 Å². The summed E-state index contributed by atoms with van der Waals surface area (Å²) in [5, 5.41) is 101. The molecular weight excluding hydrogens is 492 g/mol. The lowest BCUT2D eigenvalue weighted by atomic mass is 9.89. The van der Waals surface area contributed by atoms with Crippen LogP contribution in [0.4, 0.5) is 0 Å². The third kappa shape index (κ3) is 5.85. The Labute approximate surface area is 207 Å². The van der Waals surface area contributed by atoms with E-state index in [2.05, 4.69) is 0 Å². The van der Waals surface area contributed by atoms with Crippen molar-refractivity contribution in [2.45, 2.75) is 106 Å². The Balaban J connectivity index is 1.72. The predicted octanol–water partition coefficient (Wildman–Crippen LogP) is -5.87. The van der Waals surface area contributed by atoms with Crippen LogP contribution in [0.15, 0.2) is 0 Å². The van der Waals surface area contributed by atoms with Crippen molar-refractivity contribution in [1.29, 1.82) is 0 Å². The van der Waals surface area contributed by atoms with Crippen molar-refractivity contribution in [1.82, 2.24) is 0 Å². The van der Waals surface area contributed by atoms with Gasteiger partial charge < -0.3 is 74.7 Å². The van der Waals surface area contributed by atoms with E-state index < -0.39 is 112 Å². The number of aliphatic hydroxyl groups excluding tert-OH is 10. The summed E-state index contributed by atoms with van der Waals surface area (Å²) in [6, 6.07) is 0. The third-order valence-electron chi connectivity index (χ3n) is 6.81. The molecule has 15 heteroatoms. The number of hydrogen-bond acceptors (Lipinski definition) is 15. The number of rotatable bonds is 8. The van der Waals surface area contributed by atoms with Crippen molar-refractivity contribution >= 4 is 0 Å². The molecule has 3 aliphatic heterocycles. The van der Waals surface area contributed by atoms with Gasteiger partial charge in [-0.25, -0.2) is 0 Å². The summed E-state index contributed by atoms with van der Waals surface area (Å²) in [5.74, 6) is -0.206. The van der Waals surface area contributed by atoms with Crippen LogP contribution in [0.3, 0.4) is 0 Å². The van der Waals surface area contributed by atoms with Crippen LogP contribution in [0.1, 0.15) is 13.8 Å². The van der Waals surface area contributed by atoms with Gasteiger partial charge in [0.05, 0.1) is 25.9 Å². The highest BCUT2D eigenvalue weighted by Gasteiger charge is 2.53. The predicted molar refractivity (Wildman–Crippen MR) is 114 cm³/mol. The van der Waals surface area contributed by atoms with Gasteiger partial charge in [-0.2, -0.15) is 0 Å². The van der Waals surface area contributed by atoms with Gasteiger partial charge >= 0.3 is 0 Å². The van der Waals surface area contributed by atoms with E-state index in [1.807, 2.05) is 0 Å². The third-order valence-corrected chi connectivity index (χ3v) is 6.81. The molecule has 0 aromatic carbocycles. The minimum atomic E-state index is -1.85. The first-order chi connectivity index (χ1) is 17.0. The van der Waals surface area contributed by atoms with Crippen LogP contribution < -0.4 is 0 Å². The molecule has 0 aromatic rings. The molecule has 15 atom stereocenters. The molecule has 0 amide bonds. The molecule has 0 aliphatic carbocycles. The quantitative estimate of drug-likeness (QED) is 0.140. The van der Waals surface area contributed by atoms with Crippen molar-refractivity contribution < 1.29 is 74.7 Å². The smallest absolute Gasteiger partial charge is 0.187 e. The molecule has 3 saturated heterocycles. The highest BCUT2D eigenvalue weighted by atomic mass is 16.7. The van der Waals surface area contributed by atoms with Crippen molar-refractivity contribution in [3.05, 3.63) is 0 Å². The van der Waals surface area contributed by atoms with Crippen LogP contribution in [-0.4, -0.2) is 163 Å². The second-order valence-corrected chi connectivity index (χ2v) is 9.65. The molecule has 212 valence electrons. The second-order valence-electron chi connectivity index (χ2n) is 9.65. The number of ether oxygens (including phenoxy) is 5. The fraction of sp³-hybridized carbons (Fsp3) is 1.00. The lowest BCUT2D eigenvalue weighted by molar-refractivity contribution is -0.373. The van der Waals surface area contributed by atoms with Gasteiger partial charge in [-0.15, -0.1) is 0 Å². The van der Waals surface area contributed by atoms with Gasteiger partial charge in [-0.05, 0) is 5.92 Å². The molecule has 6 unspecified atom stereocenters. The first kappa shape index (κ1) is 29.9. The van der Waals surface area contributed by atoms with Crippen molar-refractivity contribution in [3.63, 3.8) is 0 Å². The van der Waals surface area contributed by atoms with Gasteiger partial charge in [-0.3, -0.25) is 0 Å². The first-order valence-corrected chi connectivity index (χ1v) is 11.8. The highest BCUT2D eigenvalue weighted by molar-refractivity contribution is 4.97. The summed E-state index contributed by atoms with van der Waals surface area (Å²) in [4.78, 5) is 0. The molecule has 3 rings (SSSR count). The monoisotopic (exact) mass is 530 g/mol. The van der Waals surface area contributed by atoms with Crippen molar-refractivity contribution in [2.24, 2.45) is 5.92 Å². The minimum absolute atomic E-state index is 0.206. The zero-order valence-corrected chi connectivity index (χ0v) is 19.9. The van der Waals surface area contributed by atoms with Crippen LogP contribution in [-0.2, 0) is 23.7 Å². The van der Waals surface area contributed by atoms with Crippen molar-refractivity contribution in [3.8, 4) is 0 Å². The van der Waals surface area contributed by atoms with E-state index >= 15 is 0 Å². The fourth-order valence-electron chi connectivity index (χ4n) is 4.66. The zero-order valence-electron chi connectivity index (χ0n) is 19.9. The number of aliphatic hydroxyl groups is 10. The molecule has 0 bridgehead atoms. The fourth-order valence-corrected chi connectivity index (χ4v) is 4.66. The molecule has 36 heavy (non-hydrogen) atoms. The molecular formula is C21H38O15. The average molecular weight is 531 g/mol. The lowest BCUT2D eigenvalue weighted by Crippen LogP contribution is -2.66. The largest absolute Gasteiger partial charge is 0.394 e. The Morgan fingerprint density at radius 3 is 1.42 bits per heavy atom. The van der Waals surface area contributed by atoms with Gasteiger partial charge in [0.1, 0.15) is 73.2 Å². The maximum absolute atomic E-state index is 10.7. The Morgan fingerprint density at radius 1 is 0.528 bits per heavy atom. The van der Waals surface area contributed by atoms with Gasteiger partial charge in [-0.1, -0.05) is 13.8 Å². The Bertz CT molecular complexity index is 678.